The lowest BCUT2D eigenvalue weighted by Crippen LogP contribution is -2.26. The molecule has 0 unspecified atom stereocenters. The summed E-state index contributed by atoms with van der Waals surface area (Å²) < 4.78 is 7.42. The molecule has 2 rings (SSSR count). The predicted octanol–water partition coefficient (Wildman–Crippen LogP) is 2.63. The minimum atomic E-state index is -0.183. The Morgan fingerprint density at radius 1 is 1.25 bits per heavy atom. The average Bonchev–Trinajstić information content (AvgIpc) is 2.54. The van der Waals surface area contributed by atoms with Gasteiger partial charge >= 0.3 is 0 Å². The number of benzene rings is 1. The van der Waals surface area contributed by atoms with Gasteiger partial charge in [0.05, 0.1) is 12.7 Å². The third-order valence-corrected chi connectivity index (χ3v) is 3.60. The number of carbonyl (C=O) groups excluding carboxylic acids is 1. The molecule has 0 spiro atoms. The van der Waals surface area contributed by atoms with Crippen LogP contribution in [-0.2, 0) is 25.0 Å². The number of hydrogen-bond acceptors (Lipinski definition) is 3. The molecule has 0 radical (unpaired) electrons. The largest absolute Gasteiger partial charge is 0.483 e. The molecule has 5 heteroatoms. The second-order valence-corrected chi connectivity index (χ2v) is 6.25. The highest BCUT2D eigenvalue weighted by molar-refractivity contribution is 5.75. The number of nitrogens with zero attached hydrogens (tertiary/aromatic N) is 1. The van der Waals surface area contributed by atoms with Gasteiger partial charge < -0.3 is 14.6 Å². The SMILES string of the molecule is CC(C)CC(=O)NCc1cc(=O)c(OCc2ccccc2)cn1C. The van der Waals surface area contributed by atoms with E-state index in [0.29, 0.717) is 31.2 Å². The molecule has 0 atom stereocenters. The number of pyridine rings is 1. The quantitative estimate of drug-likeness (QED) is 0.850. The van der Waals surface area contributed by atoms with Crippen LogP contribution in [0.25, 0.3) is 0 Å². The van der Waals surface area contributed by atoms with Gasteiger partial charge in [0.25, 0.3) is 0 Å². The van der Waals surface area contributed by atoms with Gasteiger partial charge in [0.2, 0.25) is 11.3 Å². The van der Waals surface area contributed by atoms with Crippen molar-refractivity contribution in [3.63, 3.8) is 0 Å². The van der Waals surface area contributed by atoms with E-state index in [1.165, 1.54) is 6.07 Å². The zero-order chi connectivity index (χ0) is 17.5. The Labute approximate surface area is 142 Å². The summed E-state index contributed by atoms with van der Waals surface area (Å²) in [5.74, 6) is 0.600. The zero-order valence-corrected chi connectivity index (χ0v) is 14.4. The molecule has 1 aromatic carbocycles. The fourth-order valence-corrected chi connectivity index (χ4v) is 2.30. The number of rotatable bonds is 7. The molecule has 0 bridgehead atoms. The fourth-order valence-electron chi connectivity index (χ4n) is 2.30. The van der Waals surface area contributed by atoms with Gasteiger partial charge in [-0.2, -0.15) is 0 Å². The Morgan fingerprint density at radius 3 is 2.62 bits per heavy atom. The van der Waals surface area contributed by atoms with Crippen LogP contribution in [0.4, 0.5) is 0 Å². The number of ether oxygens (including phenoxy) is 1. The van der Waals surface area contributed by atoms with Crippen molar-refractivity contribution in [3.05, 3.63) is 64.1 Å². The van der Waals surface area contributed by atoms with Gasteiger partial charge in [0, 0.05) is 25.2 Å². The molecule has 1 aromatic heterocycles. The van der Waals surface area contributed by atoms with E-state index in [0.717, 1.165) is 11.3 Å². The molecule has 0 aliphatic carbocycles. The lowest BCUT2D eigenvalue weighted by Gasteiger charge is -2.13. The number of nitrogens with one attached hydrogen (secondary N) is 1. The molecule has 128 valence electrons. The van der Waals surface area contributed by atoms with Crippen LogP contribution in [0.15, 0.2) is 47.4 Å². The van der Waals surface area contributed by atoms with Gasteiger partial charge in [-0.1, -0.05) is 44.2 Å². The lowest BCUT2D eigenvalue weighted by atomic mass is 10.1. The zero-order valence-electron chi connectivity index (χ0n) is 14.4. The van der Waals surface area contributed by atoms with Crippen LogP contribution in [0, 0.1) is 5.92 Å². The van der Waals surface area contributed by atoms with Gasteiger partial charge in [0.15, 0.2) is 5.75 Å². The highest BCUT2D eigenvalue weighted by Crippen LogP contribution is 2.09. The standard InChI is InChI=1S/C19H24N2O3/c1-14(2)9-19(23)20-11-16-10-17(22)18(12-21(16)3)24-13-15-7-5-4-6-8-15/h4-8,10,12,14H,9,11,13H2,1-3H3,(H,20,23). The third-order valence-electron chi connectivity index (χ3n) is 3.60. The maximum absolute atomic E-state index is 12.2. The highest BCUT2D eigenvalue weighted by Gasteiger charge is 2.09. The first-order valence-corrected chi connectivity index (χ1v) is 8.08. The van der Waals surface area contributed by atoms with Gasteiger partial charge in [-0.15, -0.1) is 0 Å². The number of amides is 1. The van der Waals surface area contributed by atoms with Gasteiger partial charge in [0.1, 0.15) is 6.61 Å². The molecular formula is C19H24N2O3. The minimum absolute atomic E-state index is 0.0122. The maximum atomic E-state index is 12.2. The van der Waals surface area contributed by atoms with Crippen LogP contribution in [-0.4, -0.2) is 10.5 Å². The topological polar surface area (TPSA) is 60.3 Å². The van der Waals surface area contributed by atoms with Crippen LogP contribution >= 0.6 is 0 Å². The minimum Gasteiger partial charge on any atom is -0.483 e. The van der Waals surface area contributed by atoms with Crippen molar-refractivity contribution >= 4 is 5.91 Å². The van der Waals surface area contributed by atoms with Crippen LogP contribution in [0.1, 0.15) is 31.5 Å². The van der Waals surface area contributed by atoms with E-state index in [9.17, 15) is 9.59 Å². The van der Waals surface area contributed by atoms with Crippen LogP contribution < -0.4 is 15.5 Å². The first-order chi connectivity index (χ1) is 11.5. The average molecular weight is 328 g/mol. The summed E-state index contributed by atoms with van der Waals surface area (Å²) >= 11 is 0. The molecule has 1 amide bonds. The van der Waals surface area contributed by atoms with E-state index in [1.54, 1.807) is 10.8 Å². The first-order valence-electron chi connectivity index (χ1n) is 8.08. The Hall–Kier alpha value is -2.56. The van der Waals surface area contributed by atoms with Gasteiger partial charge in [-0.25, -0.2) is 0 Å². The second kappa shape index (κ2) is 8.34. The van der Waals surface area contributed by atoms with E-state index in [1.807, 2.05) is 51.2 Å². The van der Waals surface area contributed by atoms with Crippen molar-refractivity contribution in [3.8, 4) is 5.75 Å². The number of aryl methyl sites for hydroxylation is 1. The molecule has 0 fully saturated rings. The highest BCUT2D eigenvalue weighted by atomic mass is 16.5. The third kappa shape index (κ3) is 5.26. The molecule has 0 aliphatic rings. The molecule has 1 N–H and O–H groups in total. The predicted molar refractivity (Wildman–Crippen MR) is 93.8 cm³/mol. The second-order valence-electron chi connectivity index (χ2n) is 6.25. The smallest absolute Gasteiger partial charge is 0.223 e. The van der Waals surface area contributed by atoms with Crippen molar-refractivity contribution in [1.29, 1.82) is 0 Å². The Bertz CT molecular complexity index is 736. The lowest BCUT2D eigenvalue weighted by molar-refractivity contribution is -0.121. The van der Waals surface area contributed by atoms with Crippen molar-refractivity contribution in [2.24, 2.45) is 13.0 Å². The molecule has 2 aromatic rings. The molecule has 0 aliphatic heterocycles. The summed E-state index contributed by atoms with van der Waals surface area (Å²) in [6.45, 7) is 4.67. The Morgan fingerprint density at radius 2 is 1.96 bits per heavy atom. The van der Waals surface area contributed by atoms with Crippen molar-refractivity contribution in [1.82, 2.24) is 9.88 Å². The van der Waals surface area contributed by atoms with Gasteiger partial charge in [-0.3, -0.25) is 9.59 Å². The summed E-state index contributed by atoms with van der Waals surface area (Å²) in [6, 6.07) is 11.2. The normalized spacial score (nSPS) is 10.7. The number of aromatic nitrogens is 1. The van der Waals surface area contributed by atoms with Crippen molar-refractivity contribution in [2.45, 2.75) is 33.4 Å². The first kappa shape index (κ1) is 17.8. The number of hydrogen-bond donors (Lipinski definition) is 1. The molecular weight excluding hydrogens is 304 g/mol. The molecule has 24 heavy (non-hydrogen) atoms. The number of carbonyl (C=O) groups is 1. The van der Waals surface area contributed by atoms with E-state index < -0.39 is 0 Å². The van der Waals surface area contributed by atoms with Crippen LogP contribution in [0.5, 0.6) is 5.75 Å². The Kier molecular flexibility index (Phi) is 6.18. The van der Waals surface area contributed by atoms with E-state index >= 15 is 0 Å². The summed E-state index contributed by atoms with van der Waals surface area (Å²) in [4.78, 5) is 23.9. The van der Waals surface area contributed by atoms with E-state index in [4.69, 9.17) is 4.74 Å². The summed E-state index contributed by atoms with van der Waals surface area (Å²) in [6.07, 6.45) is 2.14. The van der Waals surface area contributed by atoms with Crippen molar-refractivity contribution < 1.29 is 9.53 Å². The molecule has 0 saturated heterocycles. The summed E-state index contributed by atoms with van der Waals surface area (Å²) in [7, 11) is 1.83. The van der Waals surface area contributed by atoms with Crippen molar-refractivity contribution in [2.75, 3.05) is 0 Å². The molecule has 0 saturated carbocycles. The van der Waals surface area contributed by atoms with Crippen LogP contribution in [0.3, 0.4) is 0 Å². The van der Waals surface area contributed by atoms with E-state index in [2.05, 4.69) is 5.32 Å². The molecule has 5 nitrogen and oxygen atoms in total. The monoisotopic (exact) mass is 328 g/mol. The summed E-state index contributed by atoms with van der Waals surface area (Å²) in [5, 5.41) is 2.84. The fraction of sp³-hybridized carbons (Fsp3) is 0.368. The maximum Gasteiger partial charge on any atom is 0.223 e. The Balaban J connectivity index is 2.00. The summed E-state index contributed by atoms with van der Waals surface area (Å²) in [5.41, 5.74) is 1.56. The van der Waals surface area contributed by atoms with Gasteiger partial charge in [-0.05, 0) is 11.5 Å². The van der Waals surface area contributed by atoms with Crippen LogP contribution in [0.2, 0.25) is 0 Å². The molecule has 1 heterocycles. The van der Waals surface area contributed by atoms with E-state index in [-0.39, 0.29) is 11.3 Å².